The first-order valence-corrected chi connectivity index (χ1v) is 9.76. The molecule has 3 heterocycles. The highest BCUT2D eigenvalue weighted by Crippen LogP contribution is 2.24. The van der Waals surface area contributed by atoms with Crippen molar-refractivity contribution in [1.29, 1.82) is 0 Å². The molecule has 6 heteroatoms. The molecule has 1 aromatic carbocycles. The number of thiazole rings is 1. The number of aryl methyl sites for hydroxylation is 2. The Morgan fingerprint density at radius 1 is 1.07 bits per heavy atom. The lowest BCUT2D eigenvalue weighted by Gasteiger charge is -2.06. The molecule has 4 aromatic rings. The number of nitrogens with two attached hydrogens (primary N) is 1. The maximum atomic E-state index is 6.03. The molecule has 0 unspecified atom stereocenters. The Morgan fingerprint density at radius 3 is 2.71 bits per heavy atom. The fraction of sp³-hybridized carbons (Fsp3) is 0.182. The van der Waals surface area contributed by atoms with Crippen LogP contribution in [0.5, 0.6) is 0 Å². The van der Waals surface area contributed by atoms with Gasteiger partial charge in [-0.25, -0.2) is 19.9 Å². The van der Waals surface area contributed by atoms with Crippen LogP contribution < -0.4 is 5.73 Å². The summed E-state index contributed by atoms with van der Waals surface area (Å²) in [6.45, 7) is 5.92. The summed E-state index contributed by atoms with van der Waals surface area (Å²) in [4.78, 5) is 18.8. The van der Waals surface area contributed by atoms with E-state index >= 15 is 0 Å². The maximum absolute atomic E-state index is 6.03. The van der Waals surface area contributed by atoms with Gasteiger partial charge < -0.3 is 5.73 Å². The molecule has 4 rings (SSSR count). The van der Waals surface area contributed by atoms with Gasteiger partial charge in [0.2, 0.25) is 0 Å². The van der Waals surface area contributed by atoms with Crippen molar-refractivity contribution in [3.63, 3.8) is 0 Å². The Bertz CT molecular complexity index is 1230. The molecule has 0 fully saturated rings. The molecule has 3 aromatic heterocycles. The van der Waals surface area contributed by atoms with Crippen LogP contribution >= 0.6 is 11.3 Å². The Morgan fingerprint density at radius 2 is 1.93 bits per heavy atom. The van der Waals surface area contributed by atoms with Crippen LogP contribution in [0.2, 0.25) is 0 Å². The van der Waals surface area contributed by atoms with E-state index in [-0.39, 0.29) is 5.92 Å². The third kappa shape index (κ3) is 3.71. The number of pyridine rings is 1. The summed E-state index contributed by atoms with van der Waals surface area (Å²) in [5.74, 6) is 7.77. The number of hydrogen-bond donors (Lipinski definition) is 1. The molecule has 28 heavy (non-hydrogen) atoms. The molecule has 2 N–H and O–H groups in total. The standard InChI is InChI=1S/C22H19N5S/c1-13(20-12-24-15(3)28-20)7-8-16-5-4-6-17(11-16)18-9-10-19-21(27-18)22(23)26-14(2)25-19/h4-6,9-13H,1-3H3,(H2,23,25,26)/t13-/m0/s1. The molecule has 0 aliphatic heterocycles. The zero-order valence-corrected chi connectivity index (χ0v) is 16.7. The summed E-state index contributed by atoms with van der Waals surface area (Å²) in [5, 5.41) is 1.06. The van der Waals surface area contributed by atoms with Gasteiger partial charge in [-0.05, 0) is 45.0 Å². The van der Waals surface area contributed by atoms with Gasteiger partial charge in [0.25, 0.3) is 0 Å². The van der Waals surface area contributed by atoms with Gasteiger partial charge in [0, 0.05) is 22.2 Å². The van der Waals surface area contributed by atoms with E-state index in [1.165, 1.54) is 4.88 Å². The lowest BCUT2D eigenvalue weighted by molar-refractivity contribution is 1.03. The minimum atomic E-state index is 0.147. The molecule has 0 saturated carbocycles. The smallest absolute Gasteiger partial charge is 0.153 e. The lowest BCUT2D eigenvalue weighted by atomic mass is 10.1. The Labute approximate surface area is 167 Å². The molecule has 0 spiro atoms. The number of hydrogen-bond acceptors (Lipinski definition) is 6. The first kappa shape index (κ1) is 18.1. The largest absolute Gasteiger partial charge is 0.382 e. The number of benzene rings is 1. The first-order valence-electron chi connectivity index (χ1n) is 8.95. The molecule has 0 radical (unpaired) electrons. The average molecular weight is 385 g/mol. The van der Waals surface area contributed by atoms with Crippen LogP contribution in [0, 0.1) is 25.7 Å². The predicted octanol–water partition coefficient (Wildman–Crippen LogP) is 4.50. The minimum Gasteiger partial charge on any atom is -0.382 e. The number of aromatic nitrogens is 4. The van der Waals surface area contributed by atoms with Crippen LogP contribution in [0.3, 0.4) is 0 Å². The van der Waals surface area contributed by atoms with E-state index in [0.29, 0.717) is 17.2 Å². The number of nitrogen functional groups attached to an aromatic ring is 1. The highest BCUT2D eigenvalue weighted by Gasteiger charge is 2.08. The molecule has 0 aliphatic carbocycles. The van der Waals surface area contributed by atoms with Crippen molar-refractivity contribution in [2.24, 2.45) is 0 Å². The van der Waals surface area contributed by atoms with E-state index in [1.807, 2.05) is 56.4 Å². The number of nitrogens with zero attached hydrogens (tertiary/aromatic N) is 4. The lowest BCUT2D eigenvalue weighted by Crippen LogP contribution is -1.99. The summed E-state index contributed by atoms with van der Waals surface area (Å²) < 4.78 is 0. The Kier molecular flexibility index (Phi) is 4.76. The SMILES string of the molecule is Cc1nc(N)c2nc(-c3cccc(C#C[C@H](C)c4cnc(C)s4)c3)ccc2n1. The summed E-state index contributed by atoms with van der Waals surface area (Å²) in [6, 6.07) is 11.9. The van der Waals surface area contributed by atoms with Crippen molar-refractivity contribution in [2.45, 2.75) is 26.7 Å². The molecule has 1 atom stereocenters. The van der Waals surface area contributed by atoms with Gasteiger partial charge in [-0.15, -0.1) is 11.3 Å². The van der Waals surface area contributed by atoms with Crippen LogP contribution in [-0.2, 0) is 0 Å². The third-order valence-corrected chi connectivity index (χ3v) is 5.43. The normalized spacial score (nSPS) is 11.8. The van der Waals surface area contributed by atoms with Crippen molar-refractivity contribution >= 4 is 28.2 Å². The Hall–Kier alpha value is -3.30. The number of fused-ring (bicyclic) bond motifs is 1. The summed E-state index contributed by atoms with van der Waals surface area (Å²) in [7, 11) is 0. The minimum absolute atomic E-state index is 0.147. The summed E-state index contributed by atoms with van der Waals surface area (Å²) >= 11 is 1.69. The van der Waals surface area contributed by atoms with Gasteiger partial charge in [-0.2, -0.15) is 0 Å². The van der Waals surface area contributed by atoms with Gasteiger partial charge in [0.15, 0.2) is 5.82 Å². The zero-order chi connectivity index (χ0) is 19.7. The highest BCUT2D eigenvalue weighted by atomic mass is 32.1. The highest BCUT2D eigenvalue weighted by molar-refractivity contribution is 7.11. The van der Waals surface area contributed by atoms with Crippen molar-refractivity contribution < 1.29 is 0 Å². The van der Waals surface area contributed by atoms with E-state index in [9.17, 15) is 0 Å². The molecule has 0 bridgehead atoms. The van der Waals surface area contributed by atoms with Crippen molar-refractivity contribution in [3.05, 3.63) is 63.9 Å². The molecule has 0 aliphatic rings. The Balaban J connectivity index is 1.66. The van der Waals surface area contributed by atoms with Crippen LogP contribution in [0.1, 0.15) is 34.1 Å². The van der Waals surface area contributed by atoms with E-state index < -0.39 is 0 Å². The van der Waals surface area contributed by atoms with Crippen molar-refractivity contribution in [2.75, 3.05) is 5.73 Å². The van der Waals surface area contributed by atoms with Gasteiger partial charge in [0.05, 0.1) is 22.1 Å². The van der Waals surface area contributed by atoms with Crippen molar-refractivity contribution in [1.82, 2.24) is 19.9 Å². The molecule has 0 amide bonds. The molecular formula is C22H19N5S. The fourth-order valence-electron chi connectivity index (χ4n) is 2.91. The second-order valence-corrected chi connectivity index (χ2v) is 7.84. The second-order valence-electron chi connectivity index (χ2n) is 6.57. The monoisotopic (exact) mass is 385 g/mol. The van der Waals surface area contributed by atoms with E-state index in [4.69, 9.17) is 5.73 Å². The van der Waals surface area contributed by atoms with Crippen LogP contribution in [0.15, 0.2) is 42.6 Å². The molecule has 5 nitrogen and oxygen atoms in total. The van der Waals surface area contributed by atoms with E-state index in [1.54, 1.807) is 11.3 Å². The molecular weight excluding hydrogens is 366 g/mol. The van der Waals surface area contributed by atoms with Crippen LogP contribution in [0.4, 0.5) is 5.82 Å². The van der Waals surface area contributed by atoms with Crippen molar-refractivity contribution in [3.8, 4) is 23.1 Å². The van der Waals surface area contributed by atoms with Gasteiger partial charge in [-0.1, -0.05) is 24.0 Å². The van der Waals surface area contributed by atoms with E-state index in [0.717, 1.165) is 27.3 Å². The molecule has 0 saturated heterocycles. The fourth-order valence-corrected chi connectivity index (χ4v) is 3.70. The topological polar surface area (TPSA) is 77.6 Å². The first-order chi connectivity index (χ1) is 13.5. The number of anilines is 1. The van der Waals surface area contributed by atoms with E-state index in [2.05, 4.69) is 38.7 Å². The second kappa shape index (κ2) is 7.37. The van der Waals surface area contributed by atoms with Gasteiger partial charge in [0.1, 0.15) is 11.3 Å². The summed E-state index contributed by atoms with van der Waals surface area (Å²) in [6.07, 6.45) is 1.91. The molecule has 138 valence electrons. The average Bonchev–Trinajstić information content (AvgIpc) is 3.12. The van der Waals surface area contributed by atoms with Gasteiger partial charge >= 0.3 is 0 Å². The quantitative estimate of drug-likeness (QED) is 0.514. The third-order valence-electron chi connectivity index (χ3n) is 4.34. The maximum Gasteiger partial charge on any atom is 0.153 e. The van der Waals surface area contributed by atoms with Crippen LogP contribution in [0.25, 0.3) is 22.3 Å². The summed E-state index contributed by atoms with van der Waals surface area (Å²) in [5.41, 5.74) is 10.1. The van der Waals surface area contributed by atoms with Crippen LogP contribution in [-0.4, -0.2) is 19.9 Å². The van der Waals surface area contributed by atoms with Gasteiger partial charge in [-0.3, -0.25) is 0 Å². The zero-order valence-electron chi connectivity index (χ0n) is 15.9. The predicted molar refractivity (Wildman–Crippen MR) is 114 cm³/mol. The number of rotatable bonds is 2.